The van der Waals surface area contributed by atoms with E-state index in [2.05, 4.69) is 16.1 Å². The second kappa shape index (κ2) is 9.29. The fourth-order valence-electron chi connectivity index (χ4n) is 3.23. The highest BCUT2D eigenvalue weighted by Crippen LogP contribution is 2.32. The van der Waals surface area contributed by atoms with E-state index in [4.69, 9.17) is 4.74 Å². The first-order valence-corrected chi connectivity index (χ1v) is 11.5. The van der Waals surface area contributed by atoms with Crippen LogP contribution in [-0.4, -0.2) is 44.1 Å². The van der Waals surface area contributed by atoms with E-state index in [1.807, 2.05) is 6.92 Å². The number of hydroxylamine groups is 2. The summed E-state index contributed by atoms with van der Waals surface area (Å²) in [5, 5.41) is 1.17. The number of amides is 2. The number of benzene rings is 2. The van der Waals surface area contributed by atoms with E-state index in [0.717, 1.165) is 25.5 Å². The highest BCUT2D eigenvalue weighted by atomic mass is 32.2. The normalized spacial score (nSPS) is 13.2. The van der Waals surface area contributed by atoms with Gasteiger partial charge in [-0.15, -0.1) is 9.35 Å². The lowest BCUT2D eigenvalue weighted by atomic mass is 9.92. The molecule has 0 N–H and O–H groups in total. The van der Waals surface area contributed by atoms with Crippen molar-refractivity contribution in [1.82, 2.24) is 5.06 Å². The van der Waals surface area contributed by atoms with E-state index in [1.165, 1.54) is 12.1 Å². The molecule has 0 spiro atoms. The third-order valence-corrected chi connectivity index (χ3v) is 5.01. The van der Waals surface area contributed by atoms with Gasteiger partial charge < -0.3 is 4.74 Å². The number of unbranched alkanes of at least 4 members (excludes halogenated alkanes) is 2. The first kappa shape index (κ1) is 22.5. The van der Waals surface area contributed by atoms with Gasteiger partial charge in [0.05, 0.1) is 17.4 Å². The van der Waals surface area contributed by atoms with E-state index in [1.54, 1.807) is 18.2 Å². The number of hydrogen-bond acceptors (Lipinski definition) is 7. The Bertz CT molecular complexity index is 1200. The molecule has 2 aromatic carbocycles. The molecule has 0 unspecified atom stereocenters. The van der Waals surface area contributed by atoms with Gasteiger partial charge in [-0.05, 0) is 30.0 Å². The molecule has 1 heterocycles. The van der Waals surface area contributed by atoms with Gasteiger partial charge in [-0.25, -0.2) is 0 Å². The summed E-state index contributed by atoms with van der Waals surface area (Å²) in [5.74, 6) is 3.62. The topological polar surface area (TPSA) is 107 Å². The molecule has 9 heteroatoms. The van der Waals surface area contributed by atoms with Crippen molar-refractivity contribution >= 4 is 38.7 Å². The van der Waals surface area contributed by atoms with Gasteiger partial charge >= 0.3 is 5.97 Å². The molecule has 1 aliphatic rings. The van der Waals surface area contributed by atoms with Crippen molar-refractivity contribution in [1.29, 1.82) is 0 Å². The van der Waals surface area contributed by atoms with E-state index in [0.29, 0.717) is 22.8 Å². The minimum atomic E-state index is -4.08. The molecule has 0 aromatic heterocycles. The van der Waals surface area contributed by atoms with E-state index >= 15 is 0 Å². The number of hydrogen-bond donors (Lipinski definition) is 0. The fraction of sp³-hybridized carbons (Fsp3) is 0.318. The average molecular weight is 443 g/mol. The Morgan fingerprint density at radius 3 is 2.45 bits per heavy atom. The summed E-state index contributed by atoms with van der Waals surface area (Å²) in [4.78, 5) is 37.0. The molecule has 31 heavy (non-hydrogen) atoms. The van der Waals surface area contributed by atoms with Crippen molar-refractivity contribution < 1.29 is 31.8 Å². The summed E-state index contributed by atoms with van der Waals surface area (Å²) in [6, 6.07) is 7.84. The Labute approximate surface area is 180 Å². The summed E-state index contributed by atoms with van der Waals surface area (Å²) < 4.78 is 32.6. The van der Waals surface area contributed by atoms with Gasteiger partial charge in [0.1, 0.15) is 0 Å². The number of imide groups is 1. The molecule has 0 radical (unpaired) electrons. The maximum absolute atomic E-state index is 12.7. The highest BCUT2D eigenvalue weighted by Gasteiger charge is 2.36. The molecule has 1 aliphatic heterocycles. The van der Waals surface area contributed by atoms with Crippen LogP contribution in [0.1, 0.15) is 58.9 Å². The number of esters is 1. The SMILES string of the molecule is CCCCCC(=O)OCC#Cc1ccc2c3c(cccc13)C(=O)N(OS(C)(=O)=O)C2=O. The lowest BCUT2D eigenvalue weighted by Gasteiger charge is -2.25. The minimum absolute atomic E-state index is 0.0677. The molecule has 0 bridgehead atoms. The van der Waals surface area contributed by atoms with Gasteiger partial charge in [-0.3, -0.25) is 14.4 Å². The summed E-state index contributed by atoms with van der Waals surface area (Å²) >= 11 is 0. The summed E-state index contributed by atoms with van der Waals surface area (Å²) in [6.45, 7) is 1.98. The van der Waals surface area contributed by atoms with Crippen molar-refractivity contribution in [3.63, 3.8) is 0 Å². The number of carbonyl (C=O) groups is 3. The third kappa shape index (κ3) is 5.10. The zero-order valence-corrected chi connectivity index (χ0v) is 18.0. The number of ether oxygens (including phenoxy) is 1. The van der Waals surface area contributed by atoms with E-state index < -0.39 is 21.9 Å². The maximum atomic E-state index is 12.7. The van der Waals surface area contributed by atoms with Crippen molar-refractivity contribution in [2.75, 3.05) is 12.9 Å². The molecular weight excluding hydrogens is 422 g/mol. The van der Waals surface area contributed by atoms with E-state index in [9.17, 15) is 22.8 Å². The van der Waals surface area contributed by atoms with Crippen LogP contribution in [0.25, 0.3) is 10.8 Å². The number of carbonyl (C=O) groups excluding carboxylic acids is 3. The van der Waals surface area contributed by atoms with Crippen molar-refractivity contribution in [2.45, 2.75) is 32.6 Å². The Kier molecular flexibility index (Phi) is 6.73. The van der Waals surface area contributed by atoms with Gasteiger partial charge in [0.25, 0.3) is 21.9 Å². The molecule has 0 saturated carbocycles. The Balaban J connectivity index is 1.87. The molecule has 2 amide bonds. The van der Waals surface area contributed by atoms with Crippen LogP contribution in [0.5, 0.6) is 0 Å². The molecule has 3 rings (SSSR count). The first-order valence-electron chi connectivity index (χ1n) is 9.71. The van der Waals surface area contributed by atoms with Crippen LogP contribution >= 0.6 is 0 Å². The molecular formula is C22H21NO7S. The summed E-state index contributed by atoms with van der Waals surface area (Å²) in [7, 11) is -4.08. The molecule has 162 valence electrons. The second-order valence-corrected chi connectivity index (χ2v) is 8.55. The lowest BCUT2D eigenvalue weighted by Crippen LogP contribution is -2.41. The van der Waals surface area contributed by atoms with Crippen molar-refractivity contribution in [3.8, 4) is 11.8 Å². The van der Waals surface area contributed by atoms with Crippen LogP contribution in [0.3, 0.4) is 0 Å². The van der Waals surface area contributed by atoms with Gasteiger partial charge in [0.2, 0.25) is 0 Å². The molecule has 0 fully saturated rings. The predicted octanol–water partition coefficient (Wildman–Crippen LogP) is 2.80. The van der Waals surface area contributed by atoms with Crippen molar-refractivity contribution in [3.05, 3.63) is 47.0 Å². The Morgan fingerprint density at radius 1 is 1.06 bits per heavy atom. The van der Waals surface area contributed by atoms with Crippen LogP contribution < -0.4 is 0 Å². The third-order valence-electron chi connectivity index (χ3n) is 4.59. The predicted molar refractivity (Wildman–Crippen MR) is 112 cm³/mol. The molecule has 2 aromatic rings. The van der Waals surface area contributed by atoms with E-state index in [-0.39, 0.29) is 28.8 Å². The zero-order chi connectivity index (χ0) is 22.6. The lowest BCUT2D eigenvalue weighted by molar-refractivity contribution is -0.142. The Morgan fingerprint density at radius 2 is 1.77 bits per heavy atom. The molecule has 0 atom stereocenters. The van der Waals surface area contributed by atoms with Gasteiger partial charge in [-0.2, -0.15) is 8.42 Å². The van der Waals surface area contributed by atoms with Gasteiger partial charge in [0, 0.05) is 17.4 Å². The monoisotopic (exact) mass is 443 g/mol. The largest absolute Gasteiger partial charge is 0.452 e. The molecule has 0 aliphatic carbocycles. The quantitative estimate of drug-likeness (QED) is 0.280. The summed E-state index contributed by atoms with van der Waals surface area (Å²) in [6.07, 6.45) is 3.86. The summed E-state index contributed by atoms with van der Waals surface area (Å²) in [5.41, 5.74) is 0.796. The van der Waals surface area contributed by atoms with Crippen LogP contribution in [0, 0.1) is 11.8 Å². The van der Waals surface area contributed by atoms with Gasteiger partial charge in [0.15, 0.2) is 6.61 Å². The smallest absolute Gasteiger partial charge is 0.306 e. The van der Waals surface area contributed by atoms with Crippen LogP contribution in [0.4, 0.5) is 0 Å². The second-order valence-electron chi connectivity index (χ2n) is 6.99. The first-order chi connectivity index (χ1) is 14.7. The van der Waals surface area contributed by atoms with Crippen LogP contribution in [0.2, 0.25) is 0 Å². The molecule has 8 nitrogen and oxygen atoms in total. The standard InChI is InChI=1S/C22H21NO7S/c1-3-4-5-11-19(24)29-14-7-8-15-12-13-18-20-16(15)9-6-10-17(20)21(25)23(22(18)26)30-31(2,27)28/h6,9-10,12-13H,3-5,11,14H2,1-2H3. The highest BCUT2D eigenvalue weighted by molar-refractivity contribution is 7.85. The minimum Gasteiger partial charge on any atom is -0.452 e. The van der Waals surface area contributed by atoms with Crippen molar-refractivity contribution in [2.24, 2.45) is 0 Å². The average Bonchev–Trinajstić information content (AvgIpc) is 2.72. The number of nitrogens with zero attached hydrogens (tertiary/aromatic N) is 1. The maximum Gasteiger partial charge on any atom is 0.306 e. The van der Waals surface area contributed by atoms with Crippen LogP contribution in [0.15, 0.2) is 30.3 Å². The number of rotatable bonds is 7. The van der Waals surface area contributed by atoms with Gasteiger partial charge in [-0.1, -0.05) is 43.7 Å². The zero-order valence-electron chi connectivity index (χ0n) is 17.1. The molecule has 0 saturated heterocycles. The Hall–Kier alpha value is -3.22. The van der Waals surface area contributed by atoms with Crippen LogP contribution in [-0.2, 0) is 23.9 Å². The fourth-order valence-corrected chi connectivity index (χ4v) is 3.63.